The van der Waals surface area contributed by atoms with E-state index in [9.17, 15) is 9.59 Å². The summed E-state index contributed by atoms with van der Waals surface area (Å²) in [5.74, 6) is 1.17. The van der Waals surface area contributed by atoms with Gasteiger partial charge >= 0.3 is 5.97 Å². The van der Waals surface area contributed by atoms with Crippen LogP contribution >= 0.6 is 11.8 Å². The quantitative estimate of drug-likeness (QED) is 0.645. The molecule has 0 aromatic carbocycles. The third-order valence-corrected chi connectivity index (χ3v) is 2.96. The molecular formula is C10H19NO3S. The van der Waals surface area contributed by atoms with E-state index in [1.807, 2.05) is 0 Å². The Morgan fingerprint density at radius 2 is 1.80 bits per heavy atom. The summed E-state index contributed by atoms with van der Waals surface area (Å²) >= 11 is 1.71. The zero-order chi connectivity index (χ0) is 11.7. The average molecular weight is 233 g/mol. The average Bonchev–Trinajstić information content (AvgIpc) is 2.15. The highest BCUT2D eigenvalue weighted by molar-refractivity contribution is 7.99. The predicted molar refractivity (Wildman–Crippen MR) is 62.1 cm³/mol. The van der Waals surface area contributed by atoms with Crippen molar-refractivity contribution in [3.05, 3.63) is 0 Å². The number of thioether (sulfide) groups is 1. The molecule has 15 heavy (non-hydrogen) atoms. The molecule has 0 rings (SSSR count). The summed E-state index contributed by atoms with van der Waals surface area (Å²) in [6.07, 6.45) is 2.45. The first-order valence-corrected chi connectivity index (χ1v) is 6.19. The third kappa shape index (κ3) is 9.59. The van der Waals surface area contributed by atoms with Crippen LogP contribution in [0, 0.1) is 0 Å². The topological polar surface area (TPSA) is 57.6 Å². The predicted octanol–water partition coefficient (Wildman–Crippen LogP) is 1.45. The molecule has 0 saturated heterocycles. The molecule has 5 heteroatoms. The molecule has 0 radical (unpaired) electrons. The fourth-order valence-electron chi connectivity index (χ4n) is 0.965. The van der Waals surface area contributed by atoms with Gasteiger partial charge in [-0.2, -0.15) is 11.8 Å². The van der Waals surface area contributed by atoms with Gasteiger partial charge < -0.3 is 10.0 Å². The number of amides is 1. The number of unbranched alkanes of at least 4 members (excludes halogenated alkanes) is 1. The monoisotopic (exact) mass is 233 g/mol. The molecule has 0 atom stereocenters. The number of hydrogen-bond donors (Lipinski definition) is 1. The molecule has 0 aliphatic carbocycles. The van der Waals surface area contributed by atoms with Crippen LogP contribution in [0.4, 0.5) is 0 Å². The van der Waals surface area contributed by atoms with E-state index in [4.69, 9.17) is 5.11 Å². The maximum Gasteiger partial charge on any atom is 0.303 e. The Labute approximate surface area is 95.0 Å². The summed E-state index contributed by atoms with van der Waals surface area (Å²) in [6.45, 7) is 0. The Balaban J connectivity index is 3.18. The number of hydrogen-bond acceptors (Lipinski definition) is 3. The highest BCUT2D eigenvalue weighted by Crippen LogP contribution is 2.08. The highest BCUT2D eigenvalue weighted by Gasteiger charge is 2.02. The second-order valence-corrected chi connectivity index (χ2v) is 4.73. The van der Waals surface area contributed by atoms with Gasteiger partial charge in [-0.3, -0.25) is 9.59 Å². The van der Waals surface area contributed by atoms with Crippen LogP contribution < -0.4 is 0 Å². The van der Waals surface area contributed by atoms with Crippen molar-refractivity contribution in [3.63, 3.8) is 0 Å². The van der Waals surface area contributed by atoms with E-state index >= 15 is 0 Å². The Bertz CT molecular complexity index is 207. The first-order valence-electron chi connectivity index (χ1n) is 5.03. The van der Waals surface area contributed by atoms with Crippen LogP contribution in [0.3, 0.4) is 0 Å². The standard InChI is InChI=1S/C10H19NO3S/c1-11(2)9(12)6-8-15-7-4-3-5-10(13)14/h3-8H2,1-2H3,(H,13,14). The van der Waals surface area contributed by atoms with Gasteiger partial charge in [0, 0.05) is 32.7 Å². The summed E-state index contributed by atoms with van der Waals surface area (Å²) in [7, 11) is 3.50. The lowest BCUT2D eigenvalue weighted by Gasteiger charge is -2.09. The molecule has 0 aromatic heterocycles. The lowest BCUT2D eigenvalue weighted by molar-refractivity contribution is -0.137. The third-order valence-electron chi connectivity index (χ3n) is 1.89. The minimum absolute atomic E-state index is 0.146. The molecule has 0 fully saturated rings. The van der Waals surface area contributed by atoms with E-state index < -0.39 is 5.97 Å². The summed E-state index contributed by atoms with van der Waals surface area (Å²) in [5.41, 5.74) is 0. The number of carboxylic acid groups (broad SMARTS) is 1. The fourth-order valence-corrected chi connectivity index (χ4v) is 1.90. The highest BCUT2D eigenvalue weighted by atomic mass is 32.2. The second kappa shape index (κ2) is 8.59. The molecule has 0 spiro atoms. The van der Waals surface area contributed by atoms with Gasteiger partial charge in [-0.25, -0.2) is 0 Å². The molecule has 88 valence electrons. The molecule has 1 amide bonds. The van der Waals surface area contributed by atoms with Crippen molar-refractivity contribution >= 4 is 23.6 Å². The Morgan fingerprint density at radius 1 is 1.13 bits per heavy atom. The Kier molecular flexibility index (Phi) is 8.18. The van der Waals surface area contributed by atoms with E-state index in [-0.39, 0.29) is 12.3 Å². The van der Waals surface area contributed by atoms with Gasteiger partial charge in [-0.05, 0) is 18.6 Å². The van der Waals surface area contributed by atoms with Crippen LogP contribution in [0.25, 0.3) is 0 Å². The number of aliphatic carboxylic acids is 1. The summed E-state index contributed by atoms with van der Waals surface area (Å²) in [6, 6.07) is 0. The second-order valence-electron chi connectivity index (χ2n) is 3.50. The van der Waals surface area contributed by atoms with Crippen LogP contribution in [-0.4, -0.2) is 47.5 Å². The number of rotatable bonds is 8. The zero-order valence-electron chi connectivity index (χ0n) is 9.36. The number of nitrogens with zero attached hydrogens (tertiary/aromatic N) is 1. The molecule has 0 aliphatic heterocycles. The number of carboxylic acids is 1. The van der Waals surface area contributed by atoms with E-state index in [1.54, 1.807) is 30.8 Å². The van der Waals surface area contributed by atoms with E-state index in [2.05, 4.69) is 0 Å². The van der Waals surface area contributed by atoms with E-state index in [0.29, 0.717) is 6.42 Å². The van der Waals surface area contributed by atoms with E-state index in [1.165, 1.54) is 0 Å². The van der Waals surface area contributed by atoms with Crippen molar-refractivity contribution in [2.75, 3.05) is 25.6 Å². The van der Waals surface area contributed by atoms with Gasteiger partial charge in [-0.15, -0.1) is 0 Å². The molecular weight excluding hydrogens is 214 g/mol. The fraction of sp³-hybridized carbons (Fsp3) is 0.800. The molecule has 4 nitrogen and oxygen atoms in total. The molecule has 0 aliphatic rings. The lowest BCUT2D eigenvalue weighted by atomic mass is 10.3. The molecule has 0 heterocycles. The van der Waals surface area contributed by atoms with Crippen LogP contribution in [0.5, 0.6) is 0 Å². The molecule has 0 bridgehead atoms. The number of carbonyl (C=O) groups is 2. The van der Waals surface area contributed by atoms with Crippen molar-refractivity contribution in [3.8, 4) is 0 Å². The largest absolute Gasteiger partial charge is 0.481 e. The number of carbonyl (C=O) groups excluding carboxylic acids is 1. The molecule has 0 unspecified atom stereocenters. The van der Waals surface area contributed by atoms with Crippen LogP contribution in [0.1, 0.15) is 25.7 Å². The normalized spacial score (nSPS) is 10.0. The first kappa shape index (κ1) is 14.3. The minimum Gasteiger partial charge on any atom is -0.481 e. The Hall–Kier alpha value is -0.710. The first-order chi connectivity index (χ1) is 7.04. The summed E-state index contributed by atoms with van der Waals surface area (Å²) in [4.78, 5) is 22.9. The van der Waals surface area contributed by atoms with Crippen LogP contribution in [0.15, 0.2) is 0 Å². The van der Waals surface area contributed by atoms with Gasteiger partial charge in [0.15, 0.2) is 0 Å². The molecule has 0 aromatic rings. The summed E-state index contributed by atoms with van der Waals surface area (Å²) < 4.78 is 0. The molecule has 1 N–H and O–H groups in total. The van der Waals surface area contributed by atoms with Crippen LogP contribution in [0.2, 0.25) is 0 Å². The SMILES string of the molecule is CN(C)C(=O)CCSCCCCC(=O)O. The minimum atomic E-state index is -0.734. The van der Waals surface area contributed by atoms with Crippen molar-refractivity contribution in [1.82, 2.24) is 4.90 Å². The maximum atomic E-state index is 11.2. The summed E-state index contributed by atoms with van der Waals surface area (Å²) in [5, 5.41) is 8.39. The van der Waals surface area contributed by atoms with Gasteiger partial charge in [0.05, 0.1) is 0 Å². The van der Waals surface area contributed by atoms with Crippen LogP contribution in [-0.2, 0) is 9.59 Å². The molecule has 0 saturated carbocycles. The van der Waals surface area contributed by atoms with Gasteiger partial charge in [-0.1, -0.05) is 0 Å². The van der Waals surface area contributed by atoms with Crippen molar-refractivity contribution in [1.29, 1.82) is 0 Å². The lowest BCUT2D eigenvalue weighted by Crippen LogP contribution is -2.21. The van der Waals surface area contributed by atoms with E-state index in [0.717, 1.165) is 24.3 Å². The van der Waals surface area contributed by atoms with Crippen molar-refractivity contribution < 1.29 is 14.7 Å². The van der Waals surface area contributed by atoms with Crippen molar-refractivity contribution in [2.24, 2.45) is 0 Å². The van der Waals surface area contributed by atoms with Crippen molar-refractivity contribution in [2.45, 2.75) is 25.7 Å². The maximum absolute atomic E-state index is 11.2. The Morgan fingerprint density at radius 3 is 2.33 bits per heavy atom. The smallest absolute Gasteiger partial charge is 0.303 e. The van der Waals surface area contributed by atoms with Gasteiger partial charge in [0.25, 0.3) is 0 Å². The van der Waals surface area contributed by atoms with Gasteiger partial charge in [0.1, 0.15) is 0 Å². The van der Waals surface area contributed by atoms with Gasteiger partial charge in [0.2, 0.25) is 5.91 Å². The zero-order valence-corrected chi connectivity index (χ0v) is 10.2.